The van der Waals surface area contributed by atoms with E-state index in [0.29, 0.717) is 6.61 Å². The predicted octanol–water partition coefficient (Wildman–Crippen LogP) is 5.27. The summed E-state index contributed by atoms with van der Waals surface area (Å²) in [4.78, 5) is 0. The Bertz CT molecular complexity index is 724. The van der Waals surface area contributed by atoms with Gasteiger partial charge in [0.25, 0.3) is 0 Å². The molecule has 0 N–H and O–H groups in total. The summed E-state index contributed by atoms with van der Waals surface area (Å²) < 4.78 is 74.8. The third-order valence-electron chi connectivity index (χ3n) is 4.09. The minimum absolute atomic E-state index is 0.119. The molecule has 0 amide bonds. The number of hydrogen-bond donors (Lipinski definition) is 0. The quantitative estimate of drug-likeness (QED) is 0.678. The highest BCUT2D eigenvalue weighted by molar-refractivity contribution is 5.35. The van der Waals surface area contributed by atoms with E-state index in [9.17, 15) is 22.0 Å². The van der Waals surface area contributed by atoms with Gasteiger partial charge >= 0.3 is 6.36 Å². The van der Waals surface area contributed by atoms with E-state index in [-0.39, 0.29) is 12.8 Å². The van der Waals surface area contributed by atoms with E-state index in [2.05, 4.69) is 4.74 Å². The molecule has 0 aliphatic heterocycles. The van der Waals surface area contributed by atoms with Gasteiger partial charge in [0.05, 0.1) is 12.7 Å². The van der Waals surface area contributed by atoms with Gasteiger partial charge in [-0.3, -0.25) is 0 Å². The summed E-state index contributed by atoms with van der Waals surface area (Å²) in [5.41, 5.74) is -1.57. The van der Waals surface area contributed by atoms with Crippen LogP contribution < -0.4 is 4.74 Å². The van der Waals surface area contributed by atoms with Crippen molar-refractivity contribution in [3.05, 3.63) is 65.5 Å². The van der Waals surface area contributed by atoms with Crippen LogP contribution in [0.4, 0.5) is 22.0 Å². The van der Waals surface area contributed by atoms with Gasteiger partial charge in [-0.2, -0.15) is 0 Å². The van der Waals surface area contributed by atoms with Gasteiger partial charge in [-0.1, -0.05) is 30.3 Å². The Hall–Kier alpha value is -2.15. The first-order valence-corrected chi connectivity index (χ1v) is 7.65. The van der Waals surface area contributed by atoms with Crippen molar-refractivity contribution in [3.8, 4) is 5.75 Å². The van der Waals surface area contributed by atoms with E-state index >= 15 is 0 Å². The normalized spacial score (nSPS) is 23.2. The van der Waals surface area contributed by atoms with E-state index < -0.39 is 35.3 Å². The Kier molecular flexibility index (Phi) is 4.69. The van der Waals surface area contributed by atoms with Crippen LogP contribution in [-0.2, 0) is 17.0 Å². The molecule has 1 aliphatic carbocycles. The summed E-state index contributed by atoms with van der Waals surface area (Å²) in [5, 5.41) is 0. The van der Waals surface area contributed by atoms with Gasteiger partial charge in [0.2, 0.25) is 0 Å². The fourth-order valence-corrected chi connectivity index (χ4v) is 2.83. The second-order valence-corrected chi connectivity index (χ2v) is 5.98. The Morgan fingerprint density at radius 3 is 2.36 bits per heavy atom. The first-order valence-electron chi connectivity index (χ1n) is 7.65. The molecule has 2 nitrogen and oxygen atoms in total. The molecule has 25 heavy (non-hydrogen) atoms. The molecule has 7 heteroatoms. The lowest BCUT2D eigenvalue weighted by Crippen LogP contribution is -2.43. The molecule has 0 saturated heterocycles. The SMILES string of the molecule is Fc1ccc(OC(F)(F)F)cc1C1(F)CC(OCc2ccccc2)C1. The van der Waals surface area contributed by atoms with Crippen LogP contribution in [0.2, 0.25) is 0 Å². The first-order chi connectivity index (χ1) is 11.8. The van der Waals surface area contributed by atoms with E-state index in [0.717, 1.165) is 23.8 Å². The monoisotopic (exact) mass is 358 g/mol. The molecule has 134 valence electrons. The Balaban J connectivity index is 1.63. The van der Waals surface area contributed by atoms with Crippen LogP contribution >= 0.6 is 0 Å². The van der Waals surface area contributed by atoms with Crippen molar-refractivity contribution < 1.29 is 31.4 Å². The molecule has 1 fully saturated rings. The lowest BCUT2D eigenvalue weighted by atomic mass is 9.74. The zero-order valence-corrected chi connectivity index (χ0v) is 13.0. The number of hydrogen-bond acceptors (Lipinski definition) is 2. The molecule has 0 heterocycles. The highest BCUT2D eigenvalue weighted by Crippen LogP contribution is 2.48. The van der Waals surface area contributed by atoms with Gasteiger partial charge in [0, 0.05) is 18.4 Å². The smallest absolute Gasteiger partial charge is 0.406 e. The molecule has 0 bridgehead atoms. The van der Waals surface area contributed by atoms with E-state index in [4.69, 9.17) is 4.74 Å². The fourth-order valence-electron chi connectivity index (χ4n) is 2.83. The van der Waals surface area contributed by atoms with Crippen LogP contribution in [0.5, 0.6) is 5.75 Å². The number of benzene rings is 2. The maximum absolute atomic E-state index is 14.8. The van der Waals surface area contributed by atoms with Crippen LogP contribution in [-0.4, -0.2) is 12.5 Å². The molecule has 2 aromatic carbocycles. The molecule has 0 radical (unpaired) electrons. The minimum Gasteiger partial charge on any atom is -0.406 e. The zero-order chi connectivity index (χ0) is 18.1. The molecular weight excluding hydrogens is 343 g/mol. The molecule has 3 rings (SSSR count). The summed E-state index contributed by atoms with van der Waals surface area (Å²) >= 11 is 0. The molecular formula is C18H15F5O2. The van der Waals surface area contributed by atoms with E-state index in [1.165, 1.54) is 0 Å². The standard InChI is InChI=1S/C18H15F5O2/c19-16-7-6-13(25-18(21,22)23)8-15(16)17(20)9-14(10-17)24-11-12-4-2-1-3-5-12/h1-8,14H,9-11H2. The van der Waals surface area contributed by atoms with E-state index in [1.807, 2.05) is 30.3 Å². The van der Waals surface area contributed by atoms with Gasteiger partial charge in [-0.15, -0.1) is 13.2 Å². The van der Waals surface area contributed by atoms with Crippen molar-refractivity contribution in [3.63, 3.8) is 0 Å². The minimum atomic E-state index is -4.92. The highest BCUT2D eigenvalue weighted by Gasteiger charge is 2.49. The topological polar surface area (TPSA) is 18.5 Å². The summed E-state index contributed by atoms with van der Waals surface area (Å²) in [7, 11) is 0. The Morgan fingerprint density at radius 2 is 1.72 bits per heavy atom. The lowest BCUT2D eigenvalue weighted by molar-refractivity contribution is -0.274. The maximum Gasteiger partial charge on any atom is 0.573 e. The largest absolute Gasteiger partial charge is 0.573 e. The molecule has 0 unspecified atom stereocenters. The predicted molar refractivity (Wildman–Crippen MR) is 80.1 cm³/mol. The third kappa shape index (κ3) is 4.28. The van der Waals surface area contributed by atoms with Crippen LogP contribution in [0.3, 0.4) is 0 Å². The Labute approximate surface area is 141 Å². The van der Waals surface area contributed by atoms with Crippen LogP contribution in [0.25, 0.3) is 0 Å². The number of rotatable bonds is 5. The van der Waals surface area contributed by atoms with Crippen molar-refractivity contribution in [2.45, 2.75) is 37.6 Å². The summed E-state index contributed by atoms with van der Waals surface area (Å²) in [6.45, 7) is 0.293. The number of alkyl halides is 4. The van der Waals surface area contributed by atoms with Gasteiger partial charge in [0.1, 0.15) is 17.2 Å². The van der Waals surface area contributed by atoms with Crippen molar-refractivity contribution in [2.75, 3.05) is 0 Å². The summed E-state index contributed by atoms with van der Waals surface area (Å²) in [5.74, 6) is -1.55. The van der Waals surface area contributed by atoms with Gasteiger partial charge < -0.3 is 9.47 Å². The van der Waals surface area contributed by atoms with Crippen molar-refractivity contribution in [2.24, 2.45) is 0 Å². The van der Waals surface area contributed by atoms with E-state index in [1.54, 1.807) is 0 Å². The zero-order valence-electron chi connectivity index (χ0n) is 13.0. The van der Waals surface area contributed by atoms with Crippen LogP contribution in [0.1, 0.15) is 24.0 Å². The third-order valence-corrected chi connectivity index (χ3v) is 4.09. The van der Waals surface area contributed by atoms with Crippen molar-refractivity contribution in [1.82, 2.24) is 0 Å². The highest BCUT2D eigenvalue weighted by atomic mass is 19.4. The lowest BCUT2D eigenvalue weighted by Gasteiger charge is -2.41. The molecule has 1 aliphatic rings. The molecule has 0 aromatic heterocycles. The average Bonchev–Trinajstić information content (AvgIpc) is 2.52. The van der Waals surface area contributed by atoms with Crippen molar-refractivity contribution in [1.29, 1.82) is 0 Å². The second kappa shape index (κ2) is 6.63. The molecule has 0 atom stereocenters. The summed E-state index contributed by atoms with van der Waals surface area (Å²) in [6.07, 6.45) is -5.57. The molecule has 0 spiro atoms. The molecule has 2 aromatic rings. The van der Waals surface area contributed by atoms with Crippen LogP contribution in [0.15, 0.2) is 48.5 Å². The average molecular weight is 358 g/mol. The van der Waals surface area contributed by atoms with Crippen molar-refractivity contribution >= 4 is 0 Å². The Morgan fingerprint density at radius 1 is 1.04 bits per heavy atom. The summed E-state index contributed by atoms with van der Waals surface area (Å²) in [6, 6.07) is 11.6. The fraction of sp³-hybridized carbons (Fsp3) is 0.333. The maximum atomic E-state index is 14.8. The first kappa shape index (κ1) is 17.7. The van der Waals surface area contributed by atoms with Crippen LogP contribution in [0, 0.1) is 5.82 Å². The van der Waals surface area contributed by atoms with Gasteiger partial charge in [-0.05, 0) is 23.8 Å². The molecule has 1 saturated carbocycles. The number of halogens is 5. The second-order valence-electron chi connectivity index (χ2n) is 5.98. The number of ether oxygens (including phenoxy) is 2. The van der Waals surface area contributed by atoms with Gasteiger partial charge in [-0.25, -0.2) is 8.78 Å². The van der Waals surface area contributed by atoms with Gasteiger partial charge in [0.15, 0.2) is 0 Å².